The molecule has 8 heteroatoms. The summed E-state index contributed by atoms with van der Waals surface area (Å²) in [6.07, 6.45) is 0.301. The third-order valence-electron chi connectivity index (χ3n) is 3.66. The fraction of sp³-hybridized carbons (Fsp3) is 0.308. The highest BCUT2D eigenvalue weighted by Gasteiger charge is 2.41. The molecule has 1 N–H and O–H groups in total. The maximum Gasteiger partial charge on any atom is 0.258 e. The van der Waals surface area contributed by atoms with Crippen LogP contribution in [0.2, 0.25) is 0 Å². The van der Waals surface area contributed by atoms with Gasteiger partial charge in [-0.25, -0.2) is 8.78 Å². The zero-order valence-corrected chi connectivity index (χ0v) is 12.7. The lowest BCUT2D eigenvalue weighted by atomic mass is 10.0. The monoisotopic (exact) mass is 406 g/mol. The van der Waals surface area contributed by atoms with Gasteiger partial charge < -0.3 is 4.90 Å². The molecule has 3 amide bonds. The van der Waals surface area contributed by atoms with Crippen LogP contribution in [-0.2, 0) is 16.1 Å². The summed E-state index contributed by atoms with van der Waals surface area (Å²) < 4.78 is 27.6. The second-order valence-corrected chi connectivity index (χ2v) is 5.99. The van der Waals surface area contributed by atoms with E-state index in [2.05, 4.69) is 5.32 Å². The molecule has 0 radical (unpaired) electrons. The third-order valence-corrected chi connectivity index (χ3v) is 4.82. The van der Waals surface area contributed by atoms with Gasteiger partial charge in [0.15, 0.2) is 0 Å². The van der Waals surface area contributed by atoms with E-state index in [0.717, 1.165) is 0 Å². The van der Waals surface area contributed by atoms with Crippen molar-refractivity contribution < 1.29 is 23.2 Å². The molecule has 5 nitrogen and oxygen atoms in total. The van der Waals surface area contributed by atoms with Crippen LogP contribution in [0.4, 0.5) is 8.78 Å². The van der Waals surface area contributed by atoms with E-state index >= 15 is 0 Å². The van der Waals surface area contributed by atoms with Gasteiger partial charge in [-0.1, -0.05) is 0 Å². The lowest BCUT2D eigenvalue weighted by Gasteiger charge is -2.29. The van der Waals surface area contributed by atoms with Gasteiger partial charge in [0.05, 0.1) is 9.13 Å². The second kappa shape index (κ2) is 5.00. The number of halogens is 3. The highest BCUT2D eigenvalue weighted by molar-refractivity contribution is 14.1. The largest absolute Gasteiger partial charge is 0.322 e. The summed E-state index contributed by atoms with van der Waals surface area (Å²) in [5.74, 6) is -3.28. The van der Waals surface area contributed by atoms with Gasteiger partial charge in [0.1, 0.15) is 17.7 Å². The molecule has 1 aromatic rings. The van der Waals surface area contributed by atoms with Crippen molar-refractivity contribution in [2.75, 3.05) is 0 Å². The van der Waals surface area contributed by atoms with E-state index < -0.39 is 35.4 Å². The van der Waals surface area contributed by atoms with Crippen molar-refractivity contribution in [3.63, 3.8) is 0 Å². The predicted octanol–water partition coefficient (Wildman–Crippen LogP) is 1.33. The Morgan fingerprint density at radius 2 is 1.95 bits per heavy atom. The number of nitrogens with zero attached hydrogens (tertiary/aromatic N) is 1. The average molecular weight is 406 g/mol. The van der Waals surface area contributed by atoms with Crippen LogP contribution in [0.15, 0.2) is 6.07 Å². The van der Waals surface area contributed by atoms with Crippen LogP contribution >= 0.6 is 22.6 Å². The quantitative estimate of drug-likeness (QED) is 0.435. The van der Waals surface area contributed by atoms with Gasteiger partial charge in [0.25, 0.3) is 5.91 Å². The predicted molar refractivity (Wildman–Crippen MR) is 75.1 cm³/mol. The first-order valence-corrected chi connectivity index (χ1v) is 7.29. The molecule has 0 bridgehead atoms. The van der Waals surface area contributed by atoms with Crippen molar-refractivity contribution in [1.82, 2.24) is 10.2 Å². The number of piperidine rings is 1. The third kappa shape index (κ3) is 2.21. The van der Waals surface area contributed by atoms with Crippen molar-refractivity contribution in [2.45, 2.75) is 25.4 Å². The Bertz CT molecular complexity index is 692. The zero-order valence-electron chi connectivity index (χ0n) is 10.6. The van der Waals surface area contributed by atoms with Crippen molar-refractivity contribution in [2.24, 2.45) is 0 Å². The molecule has 0 spiro atoms. The standard InChI is InChI=1S/C13H9F2IN2O3/c14-6-3-7(15)11(16)5-4-18(13(21)10(5)6)8-1-2-9(19)17-12(8)20/h3,8H,1-2,4H2,(H,17,19,20)/t8-/m1/s1. The summed E-state index contributed by atoms with van der Waals surface area (Å²) >= 11 is 1.71. The number of fused-ring (bicyclic) bond motifs is 1. The first-order valence-electron chi connectivity index (χ1n) is 6.21. The van der Waals surface area contributed by atoms with Gasteiger partial charge in [0.2, 0.25) is 11.8 Å². The van der Waals surface area contributed by atoms with Crippen LogP contribution in [-0.4, -0.2) is 28.7 Å². The molecule has 2 aliphatic rings. The summed E-state index contributed by atoms with van der Waals surface area (Å²) in [6.45, 7) is -0.0343. The van der Waals surface area contributed by atoms with Crippen LogP contribution in [0.25, 0.3) is 0 Å². The molecular weight excluding hydrogens is 397 g/mol. The van der Waals surface area contributed by atoms with Crippen molar-refractivity contribution in [1.29, 1.82) is 0 Å². The minimum atomic E-state index is -0.928. The molecule has 3 rings (SSSR count). The molecule has 110 valence electrons. The van der Waals surface area contributed by atoms with Crippen LogP contribution in [0.1, 0.15) is 28.8 Å². The summed E-state index contributed by atoms with van der Waals surface area (Å²) in [4.78, 5) is 36.5. The Morgan fingerprint density at radius 1 is 1.24 bits per heavy atom. The zero-order chi connectivity index (χ0) is 15.3. The lowest BCUT2D eigenvalue weighted by molar-refractivity contribution is -0.136. The number of hydrogen-bond donors (Lipinski definition) is 1. The number of benzene rings is 1. The fourth-order valence-corrected chi connectivity index (χ4v) is 3.24. The molecule has 2 heterocycles. The summed E-state index contributed by atoms with van der Waals surface area (Å²) in [5.41, 5.74) is 0.0632. The normalized spacial score (nSPS) is 21.6. The Labute approximate surface area is 131 Å². The number of carbonyl (C=O) groups excluding carboxylic acids is 3. The molecule has 1 atom stereocenters. The maximum atomic E-state index is 13.8. The Morgan fingerprint density at radius 3 is 2.62 bits per heavy atom. The van der Waals surface area contributed by atoms with E-state index in [1.165, 1.54) is 4.90 Å². The van der Waals surface area contributed by atoms with Gasteiger partial charge in [-0.3, -0.25) is 19.7 Å². The first-order chi connectivity index (χ1) is 9.90. The van der Waals surface area contributed by atoms with Crippen LogP contribution in [0.3, 0.4) is 0 Å². The van der Waals surface area contributed by atoms with E-state index in [9.17, 15) is 23.2 Å². The maximum absolute atomic E-state index is 13.8. The molecular formula is C13H9F2IN2O3. The minimum absolute atomic E-state index is 0.0343. The summed E-state index contributed by atoms with van der Waals surface area (Å²) in [6, 6.07) is -0.159. The molecule has 0 saturated carbocycles. The fourth-order valence-electron chi connectivity index (χ4n) is 2.64. The Hall–Kier alpha value is -1.58. The lowest BCUT2D eigenvalue weighted by Crippen LogP contribution is -2.52. The molecule has 1 aromatic carbocycles. The number of amides is 3. The van der Waals surface area contributed by atoms with E-state index in [0.29, 0.717) is 6.07 Å². The SMILES string of the molecule is O=C1CC[C@@H](N2Cc3c(I)c(F)cc(F)c3C2=O)C(=O)N1. The molecule has 0 aromatic heterocycles. The number of imide groups is 1. The number of hydrogen-bond acceptors (Lipinski definition) is 3. The number of nitrogens with one attached hydrogen (secondary N) is 1. The summed E-state index contributed by atoms with van der Waals surface area (Å²) in [7, 11) is 0. The van der Waals surface area contributed by atoms with Gasteiger partial charge in [0, 0.05) is 24.6 Å². The van der Waals surface area contributed by atoms with Crippen LogP contribution < -0.4 is 5.32 Å². The molecule has 1 fully saturated rings. The topological polar surface area (TPSA) is 66.5 Å². The minimum Gasteiger partial charge on any atom is -0.322 e. The van der Waals surface area contributed by atoms with Crippen LogP contribution in [0, 0.1) is 15.2 Å². The van der Waals surface area contributed by atoms with Crippen LogP contribution in [0.5, 0.6) is 0 Å². The molecule has 0 aliphatic carbocycles. The van der Waals surface area contributed by atoms with Crippen molar-refractivity contribution in [3.8, 4) is 0 Å². The molecule has 0 unspecified atom stereocenters. The molecule has 21 heavy (non-hydrogen) atoms. The number of rotatable bonds is 1. The smallest absolute Gasteiger partial charge is 0.258 e. The van der Waals surface area contributed by atoms with Gasteiger partial charge in [-0.2, -0.15) is 0 Å². The van der Waals surface area contributed by atoms with Gasteiger partial charge in [-0.15, -0.1) is 0 Å². The molecule has 2 aliphatic heterocycles. The van der Waals surface area contributed by atoms with E-state index in [1.54, 1.807) is 22.6 Å². The van der Waals surface area contributed by atoms with Gasteiger partial charge in [-0.05, 0) is 29.0 Å². The average Bonchev–Trinajstić information content (AvgIpc) is 2.75. The Balaban J connectivity index is 1.97. The van der Waals surface area contributed by atoms with Crippen molar-refractivity contribution in [3.05, 3.63) is 32.4 Å². The van der Waals surface area contributed by atoms with E-state index in [-0.39, 0.29) is 34.1 Å². The van der Waals surface area contributed by atoms with E-state index in [4.69, 9.17) is 0 Å². The second-order valence-electron chi connectivity index (χ2n) is 4.91. The highest BCUT2D eigenvalue weighted by Crippen LogP contribution is 2.33. The van der Waals surface area contributed by atoms with Gasteiger partial charge >= 0.3 is 0 Å². The Kier molecular flexibility index (Phi) is 3.42. The van der Waals surface area contributed by atoms with E-state index in [1.807, 2.05) is 0 Å². The molecule has 1 saturated heterocycles. The van der Waals surface area contributed by atoms with Crippen molar-refractivity contribution >= 4 is 40.3 Å². The number of carbonyl (C=O) groups is 3. The first kappa shape index (κ1) is 14.4. The summed E-state index contributed by atoms with van der Waals surface area (Å²) in [5, 5.41) is 2.15. The highest BCUT2D eigenvalue weighted by atomic mass is 127.